The molecule has 0 aromatic carbocycles. The first-order chi connectivity index (χ1) is 13.6. The topological polar surface area (TPSA) is 61.8 Å². The zero-order valence-electron chi connectivity index (χ0n) is 18.2. The van der Waals surface area contributed by atoms with Crippen molar-refractivity contribution in [2.24, 2.45) is 4.99 Å². The molecule has 1 heterocycles. The molecule has 0 radical (unpaired) electrons. The van der Waals surface area contributed by atoms with Crippen LogP contribution in [0, 0.1) is 0 Å². The van der Waals surface area contributed by atoms with Crippen LogP contribution in [-0.2, 0) is 6.54 Å². The summed E-state index contributed by atoms with van der Waals surface area (Å²) in [5, 5.41) is 6.86. The fourth-order valence-corrected chi connectivity index (χ4v) is 3.61. The predicted molar refractivity (Wildman–Crippen MR) is 117 cm³/mol. The zero-order valence-corrected chi connectivity index (χ0v) is 18.2. The van der Waals surface area contributed by atoms with E-state index < -0.39 is 0 Å². The molecule has 158 valence electrons. The first kappa shape index (κ1) is 22.5. The van der Waals surface area contributed by atoms with Gasteiger partial charge in [-0.1, -0.05) is 19.9 Å². The largest absolute Gasteiger partial charge is 0.474 e. The molecular weight excluding hydrogens is 350 g/mol. The van der Waals surface area contributed by atoms with Gasteiger partial charge in [0.25, 0.3) is 0 Å². The molecule has 6 nitrogen and oxygen atoms in total. The maximum atomic E-state index is 5.93. The van der Waals surface area contributed by atoms with Crippen LogP contribution in [0.2, 0.25) is 0 Å². The minimum atomic E-state index is 0.350. The molecule has 0 amide bonds. The monoisotopic (exact) mass is 389 g/mol. The Morgan fingerprint density at radius 3 is 2.64 bits per heavy atom. The van der Waals surface area contributed by atoms with Gasteiger partial charge in [0.2, 0.25) is 5.88 Å². The fourth-order valence-electron chi connectivity index (χ4n) is 3.61. The maximum Gasteiger partial charge on any atom is 0.213 e. The molecule has 1 unspecified atom stereocenters. The number of guanidine groups is 1. The molecule has 0 spiro atoms. The van der Waals surface area contributed by atoms with Crippen molar-refractivity contribution >= 4 is 5.96 Å². The lowest BCUT2D eigenvalue weighted by Gasteiger charge is -2.21. The van der Waals surface area contributed by atoms with E-state index in [9.17, 15) is 0 Å². The number of hydrogen-bond donors (Lipinski definition) is 2. The molecule has 1 fully saturated rings. The van der Waals surface area contributed by atoms with Gasteiger partial charge in [-0.15, -0.1) is 0 Å². The third-order valence-electron chi connectivity index (χ3n) is 5.46. The highest BCUT2D eigenvalue weighted by Gasteiger charge is 2.16. The van der Waals surface area contributed by atoms with E-state index in [0.717, 1.165) is 56.3 Å². The van der Waals surface area contributed by atoms with Crippen LogP contribution in [0.5, 0.6) is 5.88 Å². The van der Waals surface area contributed by atoms with Crippen LogP contribution in [-0.4, -0.2) is 54.7 Å². The van der Waals surface area contributed by atoms with Crippen molar-refractivity contribution in [1.82, 2.24) is 20.5 Å². The summed E-state index contributed by atoms with van der Waals surface area (Å²) in [6.07, 6.45) is 9.41. The quantitative estimate of drug-likeness (QED) is 0.447. The molecule has 6 heteroatoms. The van der Waals surface area contributed by atoms with E-state index in [1.54, 1.807) is 0 Å². The number of nitrogens with one attached hydrogen (secondary N) is 2. The Balaban J connectivity index is 1.69. The lowest BCUT2D eigenvalue weighted by molar-refractivity contribution is 0.201. The first-order valence-corrected chi connectivity index (χ1v) is 11.0. The molecule has 2 N–H and O–H groups in total. The third kappa shape index (κ3) is 8.05. The number of aromatic nitrogens is 1. The predicted octanol–water partition coefficient (Wildman–Crippen LogP) is 3.58. The van der Waals surface area contributed by atoms with Gasteiger partial charge in [0.15, 0.2) is 5.96 Å². The summed E-state index contributed by atoms with van der Waals surface area (Å²) in [5.74, 6) is 1.57. The number of nitrogens with zero attached hydrogens (tertiary/aromatic N) is 3. The summed E-state index contributed by atoms with van der Waals surface area (Å²) in [7, 11) is 1.81. The van der Waals surface area contributed by atoms with Gasteiger partial charge in [0.1, 0.15) is 6.10 Å². The Labute approximate surface area is 171 Å². The number of ether oxygens (including phenoxy) is 1. The van der Waals surface area contributed by atoms with Crippen molar-refractivity contribution < 1.29 is 4.74 Å². The summed E-state index contributed by atoms with van der Waals surface area (Å²) in [6, 6.07) is 4.44. The highest BCUT2D eigenvalue weighted by atomic mass is 16.5. The molecule has 1 aliphatic rings. The SMILES string of the molecule is CCN(CC)CCCC(C)NC(=NC)NCc1ccc(OC2CCCC2)nc1. The molecule has 1 atom stereocenters. The molecule has 1 aromatic heterocycles. The van der Waals surface area contributed by atoms with Crippen LogP contribution in [0.3, 0.4) is 0 Å². The summed E-state index contributed by atoms with van der Waals surface area (Å²) >= 11 is 0. The minimum absolute atomic E-state index is 0.350. The molecule has 0 bridgehead atoms. The minimum Gasteiger partial charge on any atom is -0.474 e. The molecule has 1 aromatic rings. The van der Waals surface area contributed by atoms with Gasteiger partial charge < -0.3 is 20.3 Å². The van der Waals surface area contributed by atoms with E-state index in [1.165, 1.54) is 19.3 Å². The number of aliphatic imine (C=N–C) groups is 1. The van der Waals surface area contributed by atoms with Crippen LogP contribution in [0.15, 0.2) is 23.3 Å². The van der Waals surface area contributed by atoms with Gasteiger partial charge in [0.05, 0.1) is 0 Å². The maximum absolute atomic E-state index is 5.93. The lowest BCUT2D eigenvalue weighted by Crippen LogP contribution is -2.42. The number of pyridine rings is 1. The molecule has 1 aliphatic carbocycles. The molecule has 0 aliphatic heterocycles. The van der Waals surface area contributed by atoms with Gasteiger partial charge in [-0.25, -0.2) is 4.98 Å². The number of hydrogen-bond acceptors (Lipinski definition) is 4. The van der Waals surface area contributed by atoms with Crippen molar-refractivity contribution in [3.8, 4) is 5.88 Å². The highest BCUT2D eigenvalue weighted by Crippen LogP contribution is 2.22. The fraction of sp³-hybridized carbons (Fsp3) is 0.727. The molecule has 2 rings (SSSR count). The zero-order chi connectivity index (χ0) is 20.2. The van der Waals surface area contributed by atoms with Crippen LogP contribution in [0.1, 0.15) is 64.9 Å². The molecular formula is C22H39N5O. The van der Waals surface area contributed by atoms with E-state index in [1.807, 2.05) is 19.3 Å². The molecule has 1 saturated carbocycles. The Hall–Kier alpha value is -1.82. The second-order valence-electron chi connectivity index (χ2n) is 7.67. The normalized spacial score (nSPS) is 16.4. The van der Waals surface area contributed by atoms with Crippen LogP contribution in [0.4, 0.5) is 0 Å². The average Bonchev–Trinajstić information content (AvgIpc) is 3.22. The highest BCUT2D eigenvalue weighted by molar-refractivity contribution is 5.79. The summed E-state index contributed by atoms with van der Waals surface area (Å²) in [5.41, 5.74) is 1.12. The van der Waals surface area contributed by atoms with Crippen molar-refractivity contribution in [1.29, 1.82) is 0 Å². The van der Waals surface area contributed by atoms with Gasteiger partial charge >= 0.3 is 0 Å². The smallest absolute Gasteiger partial charge is 0.213 e. The Kier molecular flexibility index (Phi) is 10.1. The van der Waals surface area contributed by atoms with Gasteiger partial charge in [-0.2, -0.15) is 0 Å². The van der Waals surface area contributed by atoms with E-state index >= 15 is 0 Å². The first-order valence-electron chi connectivity index (χ1n) is 11.0. The van der Waals surface area contributed by atoms with Crippen LogP contribution >= 0.6 is 0 Å². The standard InChI is InChI=1S/C22H39N5O/c1-5-27(6-2)15-9-10-18(3)26-22(23-4)25-17-19-13-14-21(24-16-19)28-20-11-7-8-12-20/h13-14,16,18,20H,5-12,15,17H2,1-4H3,(H2,23,25,26). The van der Waals surface area contributed by atoms with Crippen molar-refractivity contribution in [3.63, 3.8) is 0 Å². The van der Waals surface area contributed by atoms with E-state index in [4.69, 9.17) is 4.74 Å². The lowest BCUT2D eigenvalue weighted by atomic mass is 10.2. The molecule has 0 saturated heterocycles. The number of rotatable bonds is 11. The van der Waals surface area contributed by atoms with Crippen LogP contribution < -0.4 is 15.4 Å². The summed E-state index contributed by atoms with van der Waals surface area (Å²) in [4.78, 5) is 11.3. The second-order valence-corrected chi connectivity index (χ2v) is 7.67. The molecule has 28 heavy (non-hydrogen) atoms. The second kappa shape index (κ2) is 12.6. The third-order valence-corrected chi connectivity index (χ3v) is 5.46. The summed E-state index contributed by atoms with van der Waals surface area (Å²) < 4.78 is 5.93. The van der Waals surface area contributed by atoms with Crippen molar-refractivity contribution in [3.05, 3.63) is 23.9 Å². The van der Waals surface area contributed by atoms with Gasteiger partial charge in [0, 0.05) is 31.9 Å². The van der Waals surface area contributed by atoms with Gasteiger partial charge in [-0.05, 0) is 70.6 Å². The van der Waals surface area contributed by atoms with E-state index in [-0.39, 0.29) is 0 Å². The van der Waals surface area contributed by atoms with Crippen molar-refractivity contribution in [2.45, 2.75) is 78.0 Å². The van der Waals surface area contributed by atoms with Gasteiger partial charge in [-0.3, -0.25) is 4.99 Å². The summed E-state index contributed by atoms with van der Waals surface area (Å²) in [6.45, 7) is 10.8. The van der Waals surface area contributed by atoms with E-state index in [2.05, 4.69) is 52.3 Å². The van der Waals surface area contributed by atoms with E-state index in [0.29, 0.717) is 18.7 Å². The Morgan fingerprint density at radius 1 is 1.29 bits per heavy atom. The Morgan fingerprint density at radius 2 is 2.04 bits per heavy atom. The Bertz CT molecular complexity index is 565. The van der Waals surface area contributed by atoms with Crippen molar-refractivity contribution in [2.75, 3.05) is 26.7 Å². The average molecular weight is 390 g/mol. The van der Waals surface area contributed by atoms with Crippen LogP contribution in [0.25, 0.3) is 0 Å².